The van der Waals surface area contributed by atoms with Crippen LogP contribution in [0.5, 0.6) is 11.5 Å². The first-order valence-corrected chi connectivity index (χ1v) is 6.07. The van der Waals surface area contributed by atoms with Crippen molar-refractivity contribution in [1.29, 1.82) is 0 Å². The highest BCUT2D eigenvalue weighted by molar-refractivity contribution is 5.43. The molecule has 102 valence electrons. The van der Waals surface area contributed by atoms with Gasteiger partial charge in [0.15, 0.2) is 11.5 Å². The van der Waals surface area contributed by atoms with Crippen LogP contribution in [-0.4, -0.2) is 24.9 Å². The molecule has 0 radical (unpaired) electrons. The first kappa shape index (κ1) is 14.8. The van der Waals surface area contributed by atoms with Crippen molar-refractivity contribution in [3.8, 4) is 11.5 Å². The Balaban J connectivity index is 2.96. The second kappa shape index (κ2) is 6.07. The maximum Gasteiger partial charge on any atom is 0.161 e. The average Bonchev–Trinajstić information content (AvgIpc) is 2.34. The quantitative estimate of drug-likeness (QED) is 0.841. The Morgan fingerprint density at radius 1 is 1.28 bits per heavy atom. The van der Waals surface area contributed by atoms with Crippen LogP contribution in [0.1, 0.15) is 26.3 Å². The highest BCUT2D eigenvalue weighted by atomic mass is 16.5. The van der Waals surface area contributed by atoms with E-state index in [0.29, 0.717) is 18.0 Å². The predicted molar refractivity (Wildman–Crippen MR) is 71.8 cm³/mol. The van der Waals surface area contributed by atoms with Crippen molar-refractivity contribution in [2.24, 2.45) is 11.1 Å². The number of hydrogen-bond donors (Lipinski definition) is 2. The monoisotopic (exact) mass is 253 g/mol. The van der Waals surface area contributed by atoms with Crippen LogP contribution in [0.4, 0.5) is 0 Å². The van der Waals surface area contributed by atoms with Crippen molar-refractivity contribution in [2.45, 2.75) is 33.5 Å². The summed E-state index contributed by atoms with van der Waals surface area (Å²) in [5, 5.41) is 9.09. The van der Waals surface area contributed by atoms with Gasteiger partial charge in [0.2, 0.25) is 0 Å². The third kappa shape index (κ3) is 3.62. The summed E-state index contributed by atoms with van der Waals surface area (Å²) in [5.74, 6) is 1.27. The van der Waals surface area contributed by atoms with Crippen LogP contribution in [-0.2, 0) is 6.61 Å². The van der Waals surface area contributed by atoms with Gasteiger partial charge in [-0.15, -0.1) is 0 Å². The van der Waals surface area contributed by atoms with Crippen LogP contribution >= 0.6 is 0 Å². The lowest BCUT2D eigenvalue weighted by molar-refractivity contribution is 0.0908. The molecule has 1 unspecified atom stereocenters. The number of aliphatic hydroxyl groups is 1. The molecule has 0 saturated heterocycles. The van der Waals surface area contributed by atoms with Gasteiger partial charge in [-0.25, -0.2) is 0 Å². The lowest BCUT2D eigenvalue weighted by Crippen LogP contribution is -2.38. The van der Waals surface area contributed by atoms with Gasteiger partial charge in [0, 0.05) is 12.0 Å². The van der Waals surface area contributed by atoms with Gasteiger partial charge in [-0.05, 0) is 17.7 Å². The van der Waals surface area contributed by atoms with Crippen molar-refractivity contribution in [3.63, 3.8) is 0 Å². The Morgan fingerprint density at radius 2 is 1.94 bits per heavy atom. The fourth-order valence-corrected chi connectivity index (χ4v) is 1.64. The maximum atomic E-state index is 9.09. The minimum Gasteiger partial charge on any atom is -0.493 e. The zero-order valence-corrected chi connectivity index (χ0v) is 11.6. The van der Waals surface area contributed by atoms with Crippen LogP contribution in [0.25, 0.3) is 0 Å². The van der Waals surface area contributed by atoms with E-state index in [1.807, 2.05) is 6.07 Å². The van der Waals surface area contributed by atoms with E-state index in [2.05, 4.69) is 20.8 Å². The van der Waals surface area contributed by atoms with Crippen molar-refractivity contribution in [2.75, 3.05) is 13.7 Å². The number of methoxy groups -OCH3 is 1. The van der Waals surface area contributed by atoms with Gasteiger partial charge in [-0.3, -0.25) is 0 Å². The third-order valence-corrected chi connectivity index (χ3v) is 2.86. The molecule has 3 N–H and O–H groups in total. The Kier molecular flexibility index (Phi) is 4.99. The fraction of sp³-hybridized carbons (Fsp3) is 0.571. The van der Waals surface area contributed by atoms with E-state index in [1.165, 1.54) is 0 Å². The first-order chi connectivity index (χ1) is 8.42. The molecule has 0 heterocycles. The Labute approximate surface area is 109 Å². The van der Waals surface area contributed by atoms with E-state index in [0.717, 1.165) is 5.56 Å². The smallest absolute Gasteiger partial charge is 0.161 e. The summed E-state index contributed by atoms with van der Waals surface area (Å²) in [7, 11) is 1.58. The van der Waals surface area contributed by atoms with E-state index in [1.54, 1.807) is 19.2 Å². The number of ether oxygens (including phenoxy) is 2. The van der Waals surface area contributed by atoms with Gasteiger partial charge in [0.1, 0.15) is 6.10 Å². The second-order valence-corrected chi connectivity index (χ2v) is 5.35. The summed E-state index contributed by atoms with van der Waals surface area (Å²) in [4.78, 5) is 0. The zero-order valence-electron chi connectivity index (χ0n) is 11.6. The molecule has 1 rings (SSSR count). The predicted octanol–water partition coefficient (Wildman–Crippen LogP) is 1.94. The lowest BCUT2D eigenvalue weighted by Gasteiger charge is -2.30. The molecule has 4 nitrogen and oxygen atoms in total. The molecule has 1 aromatic carbocycles. The number of benzene rings is 1. The molecule has 0 bridgehead atoms. The summed E-state index contributed by atoms with van der Waals surface area (Å²) >= 11 is 0. The molecule has 1 atom stereocenters. The van der Waals surface area contributed by atoms with Gasteiger partial charge >= 0.3 is 0 Å². The van der Waals surface area contributed by atoms with E-state index in [4.69, 9.17) is 20.3 Å². The minimum atomic E-state index is -0.0913. The Hall–Kier alpha value is -1.26. The van der Waals surface area contributed by atoms with E-state index < -0.39 is 0 Å². The average molecular weight is 253 g/mol. The molecule has 0 aliphatic heterocycles. The van der Waals surface area contributed by atoms with Crippen LogP contribution in [0.3, 0.4) is 0 Å². The highest BCUT2D eigenvalue weighted by Gasteiger charge is 2.26. The van der Waals surface area contributed by atoms with Crippen molar-refractivity contribution >= 4 is 0 Å². The molecule has 0 aliphatic carbocycles. The molecule has 0 amide bonds. The van der Waals surface area contributed by atoms with Crippen molar-refractivity contribution in [3.05, 3.63) is 23.8 Å². The third-order valence-electron chi connectivity index (χ3n) is 2.86. The van der Waals surface area contributed by atoms with Crippen molar-refractivity contribution in [1.82, 2.24) is 0 Å². The standard InChI is InChI=1S/C14H23NO3/c1-14(2,3)13(8-15)18-11-6-5-10(9-16)7-12(11)17-4/h5-7,13,16H,8-9,15H2,1-4H3. The zero-order chi connectivity index (χ0) is 13.8. The lowest BCUT2D eigenvalue weighted by atomic mass is 9.89. The summed E-state index contributed by atoms with van der Waals surface area (Å²) in [5.41, 5.74) is 6.49. The van der Waals surface area contributed by atoms with Crippen molar-refractivity contribution < 1.29 is 14.6 Å². The van der Waals surface area contributed by atoms with E-state index in [-0.39, 0.29) is 18.1 Å². The molecular weight excluding hydrogens is 230 g/mol. The van der Waals surface area contributed by atoms with Gasteiger partial charge < -0.3 is 20.3 Å². The number of rotatable bonds is 5. The normalized spacial score (nSPS) is 13.2. The van der Waals surface area contributed by atoms with E-state index >= 15 is 0 Å². The summed E-state index contributed by atoms with van der Waals surface area (Å²) in [6.07, 6.45) is -0.0913. The maximum absolute atomic E-state index is 9.09. The van der Waals surface area contributed by atoms with Gasteiger partial charge in [0.05, 0.1) is 13.7 Å². The second-order valence-electron chi connectivity index (χ2n) is 5.35. The summed E-state index contributed by atoms with van der Waals surface area (Å²) in [6.45, 7) is 6.67. The minimum absolute atomic E-state index is 0.0176. The molecule has 18 heavy (non-hydrogen) atoms. The molecule has 4 heteroatoms. The van der Waals surface area contributed by atoms with Crippen LogP contribution in [0, 0.1) is 5.41 Å². The topological polar surface area (TPSA) is 64.7 Å². The van der Waals surface area contributed by atoms with E-state index in [9.17, 15) is 0 Å². The summed E-state index contributed by atoms with van der Waals surface area (Å²) in [6, 6.07) is 5.39. The van der Waals surface area contributed by atoms with Gasteiger partial charge in [-0.1, -0.05) is 26.8 Å². The number of aliphatic hydroxyl groups excluding tert-OH is 1. The molecule has 0 aromatic heterocycles. The van der Waals surface area contributed by atoms with Gasteiger partial charge in [0.25, 0.3) is 0 Å². The summed E-state index contributed by atoms with van der Waals surface area (Å²) < 4.78 is 11.2. The molecule has 0 spiro atoms. The van der Waals surface area contributed by atoms with Crippen LogP contribution in [0.15, 0.2) is 18.2 Å². The first-order valence-electron chi connectivity index (χ1n) is 6.07. The largest absolute Gasteiger partial charge is 0.493 e. The number of hydrogen-bond acceptors (Lipinski definition) is 4. The molecule has 0 aliphatic rings. The van der Waals surface area contributed by atoms with Crippen LogP contribution < -0.4 is 15.2 Å². The molecule has 0 fully saturated rings. The fourth-order valence-electron chi connectivity index (χ4n) is 1.64. The Bertz CT molecular complexity index is 385. The Morgan fingerprint density at radius 3 is 2.39 bits per heavy atom. The SMILES string of the molecule is COc1cc(CO)ccc1OC(CN)C(C)(C)C. The van der Waals surface area contributed by atoms with Gasteiger partial charge in [-0.2, -0.15) is 0 Å². The number of nitrogens with two attached hydrogens (primary N) is 1. The molecule has 1 aromatic rings. The molecular formula is C14H23NO3. The molecule has 0 saturated carbocycles. The van der Waals surface area contributed by atoms with Crippen LogP contribution in [0.2, 0.25) is 0 Å². The highest BCUT2D eigenvalue weighted by Crippen LogP contribution is 2.32.